The second-order valence-electron chi connectivity index (χ2n) is 3.89. The van der Waals surface area contributed by atoms with Crippen molar-refractivity contribution in [1.82, 2.24) is 24.3 Å². The smallest absolute Gasteiger partial charge is 0.273 e. The van der Waals surface area contributed by atoms with E-state index in [-0.39, 0.29) is 11.7 Å². The SMILES string of the molecule is COCCn1c(-c2cncn2C)nnc1S(N)(=O)=O. The summed E-state index contributed by atoms with van der Waals surface area (Å²) in [5.41, 5.74) is 0.638. The first-order chi connectivity index (χ1) is 8.95. The molecule has 0 aliphatic heterocycles. The van der Waals surface area contributed by atoms with Crippen molar-refractivity contribution in [3.8, 4) is 11.5 Å². The van der Waals surface area contributed by atoms with Crippen LogP contribution in [0, 0.1) is 0 Å². The Morgan fingerprint density at radius 3 is 2.68 bits per heavy atom. The summed E-state index contributed by atoms with van der Waals surface area (Å²) in [5, 5.41) is 12.3. The molecule has 0 saturated carbocycles. The molecule has 0 aliphatic carbocycles. The molecule has 0 radical (unpaired) electrons. The summed E-state index contributed by atoms with van der Waals surface area (Å²) < 4.78 is 31.0. The summed E-state index contributed by atoms with van der Waals surface area (Å²) >= 11 is 0. The first-order valence-electron chi connectivity index (χ1n) is 5.36. The molecule has 0 atom stereocenters. The van der Waals surface area contributed by atoms with Crippen LogP contribution in [0.15, 0.2) is 17.7 Å². The number of primary sulfonamides is 1. The summed E-state index contributed by atoms with van der Waals surface area (Å²) in [5.74, 6) is 0.376. The molecule has 2 aromatic heterocycles. The minimum Gasteiger partial charge on any atom is -0.383 e. The van der Waals surface area contributed by atoms with E-state index in [2.05, 4.69) is 15.2 Å². The maximum absolute atomic E-state index is 11.5. The molecule has 104 valence electrons. The van der Waals surface area contributed by atoms with Crippen molar-refractivity contribution >= 4 is 10.0 Å². The molecule has 10 heteroatoms. The molecular weight excluding hydrogens is 272 g/mol. The molecule has 19 heavy (non-hydrogen) atoms. The molecule has 0 aromatic carbocycles. The third-order valence-corrected chi connectivity index (χ3v) is 3.35. The third kappa shape index (κ3) is 2.64. The van der Waals surface area contributed by atoms with Crippen LogP contribution in [0.4, 0.5) is 0 Å². The van der Waals surface area contributed by atoms with Gasteiger partial charge in [-0.15, -0.1) is 10.2 Å². The van der Waals surface area contributed by atoms with Crippen LogP contribution in [0.2, 0.25) is 0 Å². The van der Waals surface area contributed by atoms with Crippen molar-refractivity contribution in [3.63, 3.8) is 0 Å². The second kappa shape index (κ2) is 5.07. The van der Waals surface area contributed by atoms with Crippen molar-refractivity contribution in [2.45, 2.75) is 11.7 Å². The maximum atomic E-state index is 11.5. The van der Waals surface area contributed by atoms with E-state index in [1.165, 1.54) is 11.7 Å². The lowest BCUT2D eigenvalue weighted by Gasteiger charge is -2.08. The van der Waals surface area contributed by atoms with Crippen molar-refractivity contribution in [2.75, 3.05) is 13.7 Å². The lowest BCUT2D eigenvalue weighted by Crippen LogP contribution is -2.20. The Kier molecular flexibility index (Phi) is 3.64. The van der Waals surface area contributed by atoms with Gasteiger partial charge in [-0.1, -0.05) is 0 Å². The van der Waals surface area contributed by atoms with E-state index in [4.69, 9.17) is 9.88 Å². The summed E-state index contributed by atoms with van der Waals surface area (Å²) in [7, 11) is -0.652. The largest absolute Gasteiger partial charge is 0.383 e. The van der Waals surface area contributed by atoms with Gasteiger partial charge in [0.05, 0.1) is 25.7 Å². The van der Waals surface area contributed by atoms with Gasteiger partial charge in [-0.3, -0.25) is 4.57 Å². The lowest BCUT2D eigenvalue weighted by atomic mass is 10.4. The number of aryl methyl sites for hydroxylation is 1. The van der Waals surface area contributed by atoms with Gasteiger partial charge in [0.15, 0.2) is 5.82 Å². The third-order valence-electron chi connectivity index (χ3n) is 2.54. The van der Waals surface area contributed by atoms with E-state index in [0.717, 1.165) is 0 Å². The van der Waals surface area contributed by atoms with Crippen LogP contribution in [-0.4, -0.2) is 46.5 Å². The zero-order valence-corrected chi connectivity index (χ0v) is 11.3. The molecule has 0 amide bonds. The summed E-state index contributed by atoms with van der Waals surface area (Å²) in [6, 6.07) is 0. The van der Waals surface area contributed by atoms with E-state index in [0.29, 0.717) is 18.1 Å². The van der Waals surface area contributed by atoms with Crippen molar-refractivity contribution < 1.29 is 13.2 Å². The van der Waals surface area contributed by atoms with Gasteiger partial charge in [0.2, 0.25) is 0 Å². The molecule has 0 unspecified atom stereocenters. The van der Waals surface area contributed by atoms with Gasteiger partial charge in [-0.25, -0.2) is 18.5 Å². The molecule has 2 N–H and O–H groups in total. The zero-order chi connectivity index (χ0) is 14.0. The highest BCUT2D eigenvalue weighted by Gasteiger charge is 2.23. The van der Waals surface area contributed by atoms with Gasteiger partial charge in [0, 0.05) is 14.2 Å². The van der Waals surface area contributed by atoms with Crippen molar-refractivity contribution in [2.24, 2.45) is 12.2 Å². The number of methoxy groups -OCH3 is 1. The lowest BCUT2D eigenvalue weighted by molar-refractivity contribution is 0.185. The van der Waals surface area contributed by atoms with Crippen LogP contribution in [-0.2, 0) is 28.4 Å². The average Bonchev–Trinajstić information content (AvgIpc) is 2.90. The number of aromatic nitrogens is 5. The fourth-order valence-corrected chi connectivity index (χ4v) is 2.29. The first-order valence-corrected chi connectivity index (χ1v) is 6.91. The number of hydrogen-bond acceptors (Lipinski definition) is 6. The normalized spacial score (nSPS) is 11.9. The van der Waals surface area contributed by atoms with Gasteiger partial charge >= 0.3 is 0 Å². The van der Waals surface area contributed by atoms with E-state index in [9.17, 15) is 8.42 Å². The molecule has 9 nitrogen and oxygen atoms in total. The number of hydrogen-bond donors (Lipinski definition) is 1. The van der Waals surface area contributed by atoms with Gasteiger partial charge in [-0.2, -0.15) is 0 Å². The van der Waals surface area contributed by atoms with Crippen LogP contribution in [0.5, 0.6) is 0 Å². The Bertz CT molecular complexity index is 674. The Morgan fingerprint density at radius 2 is 2.16 bits per heavy atom. The number of nitrogens with zero attached hydrogens (tertiary/aromatic N) is 5. The van der Waals surface area contributed by atoms with E-state index < -0.39 is 10.0 Å². The molecule has 0 saturated heterocycles. The maximum Gasteiger partial charge on any atom is 0.273 e. The highest BCUT2D eigenvalue weighted by Crippen LogP contribution is 2.18. The van der Waals surface area contributed by atoms with Crippen LogP contribution in [0.1, 0.15) is 0 Å². The predicted octanol–water partition coefficient (Wildman–Crippen LogP) is -1.03. The van der Waals surface area contributed by atoms with Crippen LogP contribution in [0.3, 0.4) is 0 Å². The van der Waals surface area contributed by atoms with E-state index in [1.807, 2.05) is 0 Å². The standard InChI is InChI=1S/C9H14N6O3S/c1-14-6-11-5-7(14)8-12-13-9(19(10,16)17)15(8)3-4-18-2/h5-6H,3-4H2,1-2H3,(H2,10,16,17). The Labute approximate surface area is 110 Å². The fraction of sp³-hybridized carbons (Fsp3) is 0.444. The van der Waals surface area contributed by atoms with Gasteiger partial charge in [-0.05, 0) is 0 Å². The molecule has 0 spiro atoms. The van der Waals surface area contributed by atoms with Crippen LogP contribution < -0.4 is 5.14 Å². The van der Waals surface area contributed by atoms with Gasteiger partial charge in [0.25, 0.3) is 15.2 Å². The second-order valence-corrected chi connectivity index (χ2v) is 5.34. The minimum atomic E-state index is -3.94. The highest BCUT2D eigenvalue weighted by atomic mass is 32.2. The van der Waals surface area contributed by atoms with Gasteiger partial charge < -0.3 is 9.30 Å². The first kappa shape index (κ1) is 13.6. The molecule has 2 rings (SSSR count). The number of ether oxygens (including phenoxy) is 1. The highest BCUT2D eigenvalue weighted by molar-refractivity contribution is 7.89. The zero-order valence-electron chi connectivity index (χ0n) is 10.5. The average molecular weight is 286 g/mol. The molecule has 2 aromatic rings. The monoisotopic (exact) mass is 286 g/mol. The quantitative estimate of drug-likeness (QED) is 0.751. The molecule has 0 aliphatic rings. The summed E-state index contributed by atoms with van der Waals surface area (Å²) in [6.07, 6.45) is 3.15. The van der Waals surface area contributed by atoms with Crippen molar-refractivity contribution in [3.05, 3.63) is 12.5 Å². The number of nitrogens with two attached hydrogens (primary N) is 1. The molecule has 2 heterocycles. The molecular formula is C9H14N6O3S. The Morgan fingerprint density at radius 1 is 1.42 bits per heavy atom. The van der Waals surface area contributed by atoms with Crippen molar-refractivity contribution in [1.29, 1.82) is 0 Å². The summed E-state index contributed by atoms with van der Waals surface area (Å²) in [6.45, 7) is 0.585. The van der Waals surface area contributed by atoms with Crippen LogP contribution >= 0.6 is 0 Å². The fourth-order valence-electron chi connectivity index (χ4n) is 1.65. The predicted molar refractivity (Wildman–Crippen MR) is 65.5 cm³/mol. The molecule has 0 fully saturated rings. The topological polar surface area (TPSA) is 118 Å². The number of sulfonamides is 1. The Hall–Kier alpha value is -1.78. The van der Waals surface area contributed by atoms with E-state index in [1.54, 1.807) is 24.1 Å². The number of imidazole rings is 1. The number of rotatable bonds is 5. The van der Waals surface area contributed by atoms with Gasteiger partial charge in [0.1, 0.15) is 5.69 Å². The summed E-state index contributed by atoms with van der Waals surface area (Å²) in [4.78, 5) is 3.96. The van der Waals surface area contributed by atoms with Crippen LogP contribution in [0.25, 0.3) is 11.5 Å². The molecule has 0 bridgehead atoms. The minimum absolute atomic E-state index is 0.274. The van der Waals surface area contributed by atoms with E-state index >= 15 is 0 Å². The Balaban J connectivity index is 2.56.